The summed E-state index contributed by atoms with van der Waals surface area (Å²) in [5.74, 6) is -0.780. The number of anilines is 1. The molecule has 1 fully saturated rings. The molecule has 1 saturated heterocycles. The van der Waals surface area contributed by atoms with Crippen LogP contribution in [0, 0.1) is 0 Å². The topological polar surface area (TPSA) is 115 Å². The first-order valence-electron chi connectivity index (χ1n) is 9.88. The zero-order valence-electron chi connectivity index (χ0n) is 16.6. The highest BCUT2D eigenvalue weighted by Gasteiger charge is 2.58. The molecule has 5 rings (SSSR count). The minimum absolute atomic E-state index is 0.00565. The molecule has 0 radical (unpaired) electrons. The fourth-order valence-electron chi connectivity index (χ4n) is 4.27. The van der Waals surface area contributed by atoms with Gasteiger partial charge in [0.1, 0.15) is 5.75 Å². The lowest BCUT2D eigenvalue weighted by molar-refractivity contribution is -0.148. The Hall–Kier alpha value is -4.01. The van der Waals surface area contributed by atoms with Crippen molar-refractivity contribution in [1.82, 2.24) is 14.8 Å². The van der Waals surface area contributed by atoms with E-state index < -0.39 is 17.2 Å². The first-order chi connectivity index (χ1) is 15.0. The smallest absolute Gasteiger partial charge is 0.353 e. The molecule has 2 aliphatic heterocycles. The number of benzene rings is 2. The highest BCUT2D eigenvalue weighted by atomic mass is 16.5. The number of amides is 1. The Balaban J connectivity index is 1.78. The predicted octanol–water partition coefficient (Wildman–Crippen LogP) is 2.25. The van der Waals surface area contributed by atoms with Crippen LogP contribution in [0.15, 0.2) is 53.3 Å². The molecule has 1 atom stereocenters. The number of aromatic nitrogens is 3. The van der Waals surface area contributed by atoms with Gasteiger partial charge in [-0.25, -0.2) is 9.48 Å². The van der Waals surface area contributed by atoms with Crippen molar-refractivity contribution in [2.45, 2.75) is 25.4 Å². The van der Waals surface area contributed by atoms with E-state index in [0.717, 1.165) is 0 Å². The lowest BCUT2D eigenvalue weighted by Crippen LogP contribution is -2.58. The third-order valence-corrected chi connectivity index (χ3v) is 5.63. The minimum atomic E-state index is -1.78. The van der Waals surface area contributed by atoms with Crippen molar-refractivity contribution in [3.05, 3.63) is 58.9 Å². The van der Waals surface area contributed by atoms with Crippen LogP contribution in [-0.2, 0) is 15.3 Å². The number of carboxylic acids is 1. The van der Waals surface area contributed by atoms with Crippen LogP contribution < -0.4 is 15.2 Å². The largest absolute Gasteiger partial charge is 0.494 e. The van der Waals surface area contributed by atoms with Crippen LogP contribution in [0.2, 0.25) is 0 Å². The van der Waals surface area contributed by atoms with Gasteiger partial charge in [-0.05, 0) is 43.3 Å². The molecule has 2 aliphatic rings. The van der Waals surface area contributed by atoms with Gasteiger partial charge in [0, 0.05) is 24.0 Å². The second-order valence-electron chi connectivity index (χ2n) is 7.33. The molecular weight excluding hydrogens is 400 g/mol. The van der Waals surface area contributed by atoms with E-state index in [4.69, 9.17) is 4.74 Å². The Labute approximate surface area is 176 Å². The predicted molar refractivity (Wildman–Crippen MR) is 111 cm³/mol. The monoisotopic (exact) mass is 418 g/mol. The molecule has 1 amide bonds. The summed E-state index contributed by atoms with van der Waals surface area (Å²) in [6.07, 6.45) is 0.0645. The van der Waals surface area contributed by atoms with Gasteiger partial charge in [0.15, 0.2) is 11.5 Å². The van der Waals surface area contributed by atoms with Gasteiger partial charge in [0.05, 0.1) is 12.3 Å². The van der Waals surface area contributed by atoms with Gasteiger partial charge in [-0.2, -0.15) is 10.1 Å². The molecule has 31 heavy (non-hydrogen) atoms. The van der Waals surface area contributed by atoms with Crippen molar-refractivity contribution in [3.8, 4) is 28.4 Å². The quantitative estimate of drug-likeness (QED) is 0.691. The summed E-state index contributed by atoms with van der Waals surface area (Å²) in [7, 11) is 0. The van der Waals surface area contributed by atoms with E-state index in [1.807, 2.05) is 6.92 Å². The molecule has 3 aromatic rings. The number of carbonyl (C=O) groups is 2. The number of hydrogen-bond donors (Lipinski definition) is 1. The maximum Gasteiger partial charge on any atom is 0.353 e. The molecule has 1 aromatic heterocycles. The van der Waals surface area contributed by atoms with Crippen molar-refractivity contribution in [2.24, 2.45) is 0 Å². The molecule has 3 heterocycles. The van der Waals surface area contributed by atoms with Crippen LogP contribution in [0.3, 0.4) is 0 Å². The fourth-order valence-corrected chi connectivity index (χ4v) is 4.27. The number of carboxylic acid groups (broad SMARTS) is 1. The summed E-state index contributed by atoms with van der Waals surface area (Å²) >= 11 is 0. The molecule has 2 aromatic carbocycles. The summed E-state index contributed by atoms with van der Waals surface area (Å²) in [5.41, 5.74) is -0.977. The van der Waals surface area contributed by atoms with Crippen molar-refractivity contribution < 1.29 is 19.4 Å². The Morgan fingerprint density at radius 3 is 2.61 bits per heavy atom. The Morgan fingerprint density at radius 1 is 1.16 bits per heavy atom. The van der Waals surface area contributed by atoms with Gasteiger partial charge < -0.3 is 9.84 Å². The average Bonchev–Trinajstić information content (AvgIpc) is 3.13. The zero-order chi connectivity index (χ0) is 21.8. The third-order valence-electron chi connectivity index (χ3n) is 5.63. The maximum absolute atomic E-state index is 12.9. The minimum Gasteiger partial charge on any atom is -0.494 e. The summed E-state index contributed by atoms with van der Waals surface area (Å²) < 4.78 is 6.65. The van der Waals surface area contributed by atoms with E-state index in [9.17, 15) is 19.5 Å². The first-order valence-corrected chi connectivity index (χ1v) is 9.88. The Morgan fingerprint density at radius 2 is 1.90 bits per heavy atom. The fraction of sp³-hybridized carbons (Fsp3) is 0.227. The molecular formula is C22H18N4O5. The number of para-hydroxylation sites is 1. The van der Waals surface area contributed by atoms with Gasteiger partial charge in [0.2, 0.25) is 11.6 Å². The van der Waals surface area contributed by atoms with Gasteiger partial charge >= 0.3 is 5.97 Å². The van der Waals surface area contributed by atoms with Gasteiger partial charge in [0.25, 0.3) is 5.56 Å². The van der Waals surface area contributed by atoms with E-state index in [1.54, 1.807) is 48.5 Å². The number of nitrogens with zero attached hydrogens (tertiary/aromatic N) is 4. The molecule has 0 unspecified atom stereocenters. The zero-order valence-corrected chi connectivity index (χ0v) is 16.6. The van der Waals surface area contributed by atoms with Crippen LogP contribution in [0.1, 0.15) is 19.8 Å². The number of ether oxygens (including phenoxy) is 1. The second-order valence-corrected chi connectivity index (χ2v) is 7.33. The Kier molecular flexibility index (Phi) is 4.14. The van der Waals surface area contributed by atoms with E-state index in [-0.39, 0.29) is 30.3 Å². The Bertz CT molecular complexity index is 1280. The SMILES string of the molecule is CCOc1ccc(-c2nn3c(nc2=O)-c2ccccc2N2C(=O)CC[C@@]23C(=O)O)cc1. The number of carbonyl (C=O) groups excluding carboxylic acids is 1. The van der Waals surface area contributed by atoms with E-state index in [0.29, 0.717) is 29.2 Å². The number of hydrogen-bond acceptors (Lipinski definition) is 6. The highest BCUT2D eigenvalue weighted by Crippen LogP contribution is 2.47. The molecule has 156 valence electrons. The summed E-state index contributed by atoms with van der Waals surface area (Å²) in [6.45, 7) is 2.37. The van der Waals surface area contributed by atoms with Crippen molar-refractivity contribution >= 4 is 17.6 Å². The van der Waals surface area contributed by atoms with Crippen molar-refractivity contribution in [2.75, 3.05) is 11.5 Å². The van der Waals surface area contributed by atoms with Crippen LogP contribution in [-0.4, -0.2) is 38.4 Å². The molecule has 0 bridgehead atoms. The van der Waals surface area contributed by atoms with Crippen LogP contribution in [0.5, 0.6) is 5.75 Å². The number of rotatable bonds is 4. The number of fused-ring (bicyclic) bond motifs is 6. The third kappa shape index (κ3) is 2.59. The highest BCUT2D eigenvalue weighted by molar-refractivity contribution is 6.07. The lowest BCUT2D eigenvalue weighted by atomic mass is 10.00. The van der Waals surface area contributed by atoms with E-state index >= 15 is 0 Å². The van der Waals surface area contributed by atoms with Crippen LogP contribution >= 0.6 is 0 Å². The van der Waals surface area contributed by atoms with Gasteiger partial charge in [-0.1, -0.05) is 12.1 Å². The molecule has 9 heteroatoms. The molecule has 1 N–H and O–H groups in total. The molecule has 0 aliphatic carbocycles. The molecule has 0 spiro atoms. The van der Waals surface area contributed by atoms with Crippen LogP contribution in [0.25, 0.3) is 22.6 Å². The first kappa shape index (κ1) is 19.0. The molecule has 0 saturated carbocycles. The summed E-state index contributed by atoms with van der Waals surface area (Å²) in [6, 6.07) is 13.6. The van der Waals surface area contributed by atoms with Crippen molar-refractivity contribution in [3.63, 3.8) is 0 Å². The van der Waals surface area contributed by atoms with E-state index in [1.165, 1.54) is 9.58 Å². The maximum atomic E-state index is 12.9. The van der Waals surface area contributed by atoms with Gasteiger partial charge in [-0.15, -0.1) is 0 Å². The second kappa shape index (κ2) is 6.76. The molecule has 9 nitrogen and oxygen atoms in total. The van der Waals surface area contributed by atoms with Crippen molar-refractivity contribution in [1.29, 1.82) is 0 Å². The average molecular weight is 418 g/mol. The van der Waals surface area contributed by atoms with Gasteiger partial charge in [-0.3, -0.25) is 14.5 Å². The normalized spacial score (nSPS) is 18.9. The summed E-state index contributed by atoms with van der Waals surface area (Å²) in [4.78, 5) is 43.7. The van der Waals surface area contributed by atoms with E-state index in [2.05, 4.69) is 10.1 Å². The van der Waals surface area contributed by atoms with Crippen LogP contribution in [0.4, 0.5) is 5.69 Å². The summed E-state index contributed by atoms with van der Waals surface area (Å²) in [5, 5.41) is 14.7. The lowest BCUT2D eigenvalue weighted by Gasteiger charge is -2.41. The number of aliphatic carboxylic acids is 1. The standard InChI is InChI=1S/C22H18N4O5/c1-2-31-14-9-7-13(8-10-14)18-20(28)23-19-15-5-3-4-6-16(15)25-17(27)11-12-22(25,21(29)30)26(19)24-18/h3-10H,2,11-12H2,1H3,(H,29,30)/t22-/m1/s1.